The topological polar surface area (TPSA) is 49.4 Å². The van der Waals surface area contributed by atoms with Gasteiger partial charge in [0, 0.05) is 12.6 Å². The summed E-state index contributed by atoms with van der Waals surface area (Å²) in [4.78, 5) is 25.9. The third kappa shape index (κ3) is 4.28. The van der Waals surface area contributed by atoms with Crippen molar-refractivity contribution < 1.29 is 9.59 Å². The number of nitrogens with zero attached hydrogens (tertiary/aromatic N) is 1. The minimum atomic E-state index is -0.369. The van der Waals surface area contributed by atoms with Gasteiger partial charge in [0.05, 0.1) is 15.7 Å². The molecular weight excluding hydrogens is 347 g/mol. The minimum Gasteiger partial charge on any atom is -0.322 e. The van der Waals surface area contributed by atoms with Gasteiger partial charge in [-0.25, -0.2) is 0 Å². The van der Waals surface area contributed by atoms with Crippen LogP contribution in [0.3, 0.4) is 0 Å². The van der Waals surface area contributed by atoms with Crippen LogP contribution in [0.1, 0.15) is 19.4 Å². The highest BCUT2D eigenvalue weighted by atomic mass is 35.5. The average molecular weight is 365 g/mol. The van der Waals surface area contributed by atoms with Gasteiger partial charge in [0.1, 0.15) is 6.54 Å². The second-order valence-electron chi connectivity index (χ2n) is 5.23. The van der Waals surface area contributed by atoms with E-state index in [0.29, 0.717) is 15.7 Å². The Balaban J connectivity index is 2.22. The van der Waals surface area contributed by atoms with Crippen molar-refractivity contribution in [3.05, 3.63) is 58.1 Å². The molecule has 0 unspecified atom stereocenters. The van der Waals surface area contributed by atoms with Gasteiger partial charge in [-0.05, 0) is 30.2 Å². The van der Waals surface area contributed by atoms with Crippen LogP contribution in [0.15, 0.2) is 42.5 Å². The number of benzene rings is 2. The molecule has 2 rings (SSSR count). The number of nitrogens with one attached hydrogen (secondary N) is 1. The zero-order chi connectivity index (χ0) is 17.7. The molecule has 0 bridgehead atoms. The van der Waals surface area contributed by atoms with Crippen molar-refractivity contribution in [1.82, 2.24) is 0 Å². The molecule has 0 aliphatic rings. The molecule has 0 heterocycles. The number of anilines is 2. The highest BCUT2D eigenvalue weighted by molar-refractivity contribution is 6.39. The van der Waals surface area contributed by atoms with Crippen LogP contribution in [-0.4, -0.2) is 18.4 Å². The van der Waals surface area contributed by atoms with E-state index >= 15 is 0 Å². The lowest BCUT2D eigenvalue weighted by molar-refractivity contribution is -0.120. The van der Waals surface area contributed by atoms with Gasteiger partial charge in [-0.2, -0.15) is 0 Å². The van der Waals surface area contributed by atoms with E-state index in [1.54, 1.807) is 18.2 Å². The Kier molecular flexibility index (Phi) is 6.23. The first kappa shape index (κ1) is 18.3. The predicted octanol–water partition coefficient (Wildman–Crippen LogP) is 4.55. The first-order chi connectivity index (χ1) is 11.4. The molecule has 0 aliphatic heterocycles. The summed E-state index contributed by atoms with van der Waals surface area (Å²) < 4.78 is 0. The number of amides is 2. The second kappa shape index (κ2) is 8.18. The molecule has 0 fully saturated rings. The third-order valence-electron chi connectivity index (χ3n) is 3.57. The molecule has 2 aromatic rings. The van der Waals surface area contributed by atoms with Gasteiger partial charge in [0.15, 0.2) is 0 Å². The molecule has 0 saturated heterocycles. The normalized spacial score (nSPS) is 10.3. The van der Waals surface area contributed by atoms with Crippen LogP contribution >= 0.6 is 23.2 Å². The van der Waals surface area contributed by atoms with Gasteiger partial charge in [-0.15, -0.1) is 0 Å². The van der Waals surface area contributed by atoms with Crippen LogP contribution in [0.5, 0.6) is 0 Å². The van der Waals surface area contributed by atoms with E-state index in [1.165, 1.54) is 11.8 Å². The van der Waals surface area contributed by atoms with E-state index in [1.807, 2.05) is 31.2 Å². The molecule has 2 aromatic carbocycles. The zero-order valence-electron chi connectivity index (χ0n) is 13.5. The second-order valence-corrected chi connectivity index (χ2v) is 6.05. The summed E-state index contributed by atoms with van der Waals surface area (Å²) >= 11 is 12.1. The van der Waals surface area contributed by atoms with Gasteiger partial charge in [-0.1, -0.05) is 54.4 Å². The Labute approximate surface area is 151 Å². The number of rotatable bonds is 5. The first-order valence-electron chi connectivity index (χ1n) is 7.54. The third-order valence-corrected chi connectivity index (χ3v) is 4.20. The molecule has 0 radical (unpaired) electrons. The van der Waals surface area contributed by atoms with Crippen LogP contribution in [-0.2, 0) is 16.0 Å². The summed E-state index contributed by atoms with van der Waals surface area (Å²) in [6, 6.07) is 12.5. The first-order valence-corrected chi connectivity index (χ1v) is 8.29. The summed E-state index contributed by atoms with van der Waals surface area (Å²) in [5, 5.41) is 3.37. The standard InChI is InChI=1S/C18H18Cl2N2O2/c1-3-13-7-4-5-10-16(13)22(12(2)23)11-17(24)21-18-14(19)8-6-9-15(18)20/h4-10H,3,11H2,1-2H3,(H,21,24). The van der Waals surface area contributed by atoms with Crippen LogP contribution in [0.4, 0.5) is 11.4 Å². The lowest BCUT2D eigenvalue weighted by Gasteiger charge is -2.23. The van der Waals surface area contributed by atoms with Crippen LogP contribution in [0.2, 0.25) is 10.0 Å². The van der Waals surface area contributed by atoms with E-state index in [9.17, 15) is 9.59 Å². The van der Waals surface area contributed by atoms with Crippen LogP contribution < -0.4 is 10.2 Å². The highest BCUT2D eigenvalue weighted by Gasteiger charge is 2.19. The van der Waals surface area contributed by atoms with Gasteiger partial charge in [0.25, 0.3) is 0 Å². The summed E-state index contributed by atoms with van der Waals surface area (Å²) in [6.45, 7) is 3.32. The number of para-hydroxylation sites is 2. The molecule has 0 aromatic heterocycles. The Morgan fingerprint density at radius 1 is 1.04 bits per heavy atom. The molecule has 2 amide bonds. The lowest BCUT2D eigenvalue weighted by Crippen LogP contribution is -2.37. The molecule has 0 atom stereocenters. The Morgan fingerprint density at radius 3 is 2.25 bits per heavy atom. The lowest BCUT2D eigenvalue weighted by atomic mass is 10.1. The van der Waals surface area contributed by atoms with Gasteiger partial charge in [0.2, 0.25) is 11.8 Å². The molecule has 0 aliphatic carbocycles. The Morgan fingerprint density at radius 2 is 1.67 bits per heavy atom. The zero-order valence-corrected chi connectivity index (χ0v) is 15.0. The highest BCUT2D eigenvalue weighted by Crippen LogP contribution is 2.30. The maximum absolute atomic E-state index is 12.4. The smallest absolute Gasteiger partial charge is 0.244 e. The SMILES string of the molecule is CCc1ccccc1N(CC(=O)Nc1c(Cl)cccc1Cl)C(C)=O. The Bertz CT molecular complexity index is 742. The van der Waals surface area contributed by atoms with Crippen molar-refractivity contribution in [2.75, 3.05) is 16.8 Å². The fourth-order valence-corrected chi connectivity index (χ4v) is 2.87. The van der Waals surface area contributed by atoms with Crippen molar-refractivity contribution in [1.29, 1.82) is 0 Å². The minimum absolute atomic E-state index is 0.117. The summed E-state index contributed by atoms with van der Waals surface area (Å²) in [6.07, 6.45) is 0.762. The number of halogens is 2. The van der Waals surface area contributed by atoms with Crippen LogP contribution in [0.25, 0.3) is 0 Å². The largest absolute Gasteiger partial charge is 0.322 e. The van der Waals surface area contributed by atoms with E-state index in [2.05, 4.69) is 5.32 Å². The number of carbonyl (C=O) groups is 2. The molecule has 24 heavy (non-hydrogen) atoms. The maximum atomic E-state index is 12.4. The van der Waals surface area contributed by atoms with E-state index in [0.717, 1.165) is 17.7 Å². The van der Waals surface area contributed by atoms with Gasteiger partial charge < -0.3 is 10.2 Å². The fourth-order valence-electron chi connectivity index (χ4n) is 2.38. The molecule has 0 spiro atoms. The van der Waals surface area contributed by atoms with E-state index < -0.39 is 0 Å². The number of hydrogen-bond donors (Lipinski definition) is 1. The summed E-state index contributed by atoms with van der Waals surface area (Å²) in [5.41, 5.74) is 2.07. The number of aryl methyl sites for hydroxylation is 1. The molecule has 126 valence electrons. The van der Waals surface area contributed by atoms with Crippen molar-refractivity contribution in [2.45, 2.75) is 20.3 Å². The molecule has 1 N–H and O–H groups in total. The van der Waals surface area contributed by atoms with E-state index in [-0.39, 0.29) is 18.4 Å². The van der Waals surface area contributed by atoms with Crippen molar-refractivity contribution in [3.8, 4) is 0 Å². The number of carbonyl (C=O) groups excluding carboxylic acids is 2. The summed E-state index contributed by atoms with van der Waals surface area (Å²) in [5.74, 6) is -0.581. The quantitative estimate of drug-likeness (QED) is 0.845. The molecular formula is C18H18Cl2N2O2. The Hall–Kier alpha value is -2.04. The molecule has 0 saturated carbocycles. The summed E-state index contributed by atoms with van der Waals surface area (Å²) in [7, 11) is 0. The average Bonchev–Trinajstić information content (AvgIpc) is 2.56. The van der Waals surface area contributed by atoms with Crippen molar-refractivity contribution >= 4 is 46.4 Å². The van der Waals surface area contributed by atoms with Gasteiger partial charge >= 0.3 is 0 Å². The number of hydrogen-bond acceptors (Lipinski definition) is 2. The fraction of sp³-hybridized carbons (Fsp3) is 0.222. The van der Waals surface area contributed by atoms with E-state index in [4.69, 9.17) is 23.2 Å². The predicted molar refractivity (Wildman–Crippen MR) is 98.9 cm³/mol. The van der Waals surface area contributed by atoms with Crippen LogP contribution in [0, 0.1) is 0 Å². The van der Waals surface area contributed by atoms with Gasteiger partial charge in [-0.3, -0.25) is 9.59 Å². The maximum Gasteiger partial charge on any atom is 0.244 e. The monoisotopic (exact) mass is 364 g/mol. The van der Waals surface area contributed by atoms with Crippen molar-refractivity contribution in [3.63, 3.8) is 0 Å². The molecule has 4 nitrogen and oxygen atoms in total. The molecule has 6 heteroatoms. The van der Waals surface area contributed by atoms with Crippen molar-refractivity contribution in [2.24, 2.45) is 0 Å².